The van der Waals surface area contributed by atoms with Gasteiger partial charge in [-0.2, -0.15) is 5.26 Å². The molecule has 0 spiro atoms. The summed E-state index contributed by atoms with van der Waals surface area (Å²) in [6.45, 7) is 6.77. The Morgan fingerprint density at radius 3 is 2.42 bits per heavy atom. The van der Waals surface area contributed by atoms with E-state index in [0.717, 1.165) is 11.8 Å². The monoisotopic (exact) mass is 183 g/mol. The number of carboxylic acids is 1. The van der Waals surface area contributed by atoms with Gasteiger partial charge in [0.15, 0.2) is 0 Å². The van der Waals surface area contributed by atoms with Crippen molar-refractivity contribution in [3.63, 3.8) is 0 Å². The number of hydrogen-bond donors (Lipinski definition) is 1. The minimum absolute atomic E-state index is 0.496. The van der Waals surface area contributed by atoms with Crippen molar-refractivity contribution < 1.29 is 9.90 Å². The Bertz CT molecular complexity index is 232. The predicted octanol–water partition coefficient (Wildman–Crippen LogP) is 1.44. The Balaban J connectivity index is 4.20. The molecule has 64 valence electrons. The van der Waals surface area contributed by atoms with Crippen molar-refractivity contribution in [3.05, 3.63) is 25.3 Å². The zero-order chi connectivity index (χ0) is 9.56. The van der Waals surface area contributed by atoms with E-state index in [1.54, 1.807) is 0 Å². The van der Waals surface area contributed by atoms with Crippen LogP contribution in [-0.4, -0.2) is 21.6 Å². The molecule has 1 N–H and O–H groups in total. The molecule has 4 heteroatoms. The molecule has 0 aromatic rings. The minimum atomic E-state index is -0.989. The molecule has 3 nitrogen and oxygen atoms in total. The van der Waals surface area contributed by atoms with Gasteiger partial charge in [0.05, 0.1) is 6.07 Å². The second kappa shape index (κ2) is 5.44. The molecule has 2 unspecified atom stereocenters. The van der Waals surface area contributed by atoms with Gasteiger partial charge in [-0.3, -0.25) is 4.79 Å². The quantitative estimate of drug-likeness (QED) is 0.655. The zero-order valence-electron chi connectivity index (χ0n) is 6.43. The van der Waals surface area contributed by atoms with Gasteiger partial charge in [-0.25, -0.2) is 0 Å². The van der Waals surface area contributed by atoms with Gasteiger partial charge >= 0.3 is 5.97 Å². The second-order valence-corrected chi connectivity index (χ2v) is 3.20. The van der Waals surface area contributed by atoms with Gasteiger partial charge in [0.2, 0.25) is 0 Å². The van der Waals surface area contributed by atoms with Crippen molar-refractivity contribution in [1.29, 1.82) is 5.26 Å². The van der Waals surface area contributed by atoms with Crippen LogP contribution >= 0.6 is 11.8 Å². The minimum Gasteiger partial charge on any atom is -0.480 e. The number of carbonyl (C=O) groups is 1. The van der Waals surface area contributed by atoms with Crippen LogP contribution in [0.1, 0.15) is 0 Å². The molecule has 0 amide bonds. The lowest BCUT2D eigenvalue weighted by atomic mass is 10.4. The van der Waals surface area contributed by atoms with Crippen molar-refractivity contribution in [2.45, 2.75) is 10.5 Å². The van der Waals surface area contributed by atoms with E-state index in [2.05, 4.69) is 13.2 Å². The molecule has 0 saturated carbocycles. The molecule has 0 aromatic carbocycles. The number of nitrogens with zero attached hydrogens (tertiary/aromatic N) is 1. The summed E-state index contributed by atoms with van der Waals surface area (Å²) in [4.78, 5) is 10.5. The second-order valence-electron chi connectivity index (χ2n) is 1.92. The SMILES string of the molecule is C=CC(C#N)SC(C=C)C(=O)O. The summed E-state index contributed by atoms with van der Waals surface area (Å²) in [6.07, 6.45) is 2.70. The predicted molar refractivity (Wildman–Crippen MR) is 48.8 cm³/mol. The van der Waals surface area contributed by atoms with Crippen LogP contribution in [0.3, 0.4) is 0 Å². The van der Waals surface area contributed by atoms with Crippen LogP contribution < -0.4 is 0 Å². The van der Waals surface area contributed by atoms with Crippen LogP contribution in [0.5, 0.6) is 0 Å². The molecule has 0 aliphatic heterocycles. The first-order valence-electron chi connectivity index (χ1n) is 3.18. The molecule has 0 bridgehead atoms. The normalized spacial score (nSPS) is 13.9. The van der Waals surface area contributed by atoms with E-state index in [-0.39, 0.29) is 0 Å². The molecule has 12 heavy (non-hydrogen) atoms. The van der Waals surface area contributed by atoms with Crippen molar-refractivity contribution in [2.24, 2.45) is 0 Å². The third kappa shape index (κ3) is 3.26. The van der Waals surface area contributed by atoms with Crippen LogP contribution in [-0.2, 0) is 4.79 Å². The Labute approximate surface area is 75.4 Å². The van der Waals surface area contributed by atoms with E-state index in [9.17, 15) is 4.79 Å². The molecule has 2 atom stereocenters. The maximum absolute atomic E-state index is 10.5. The fourth-order valence-corrected chi connectivity index (χ4v) is 1.23. The first-order valence-corrected chi connectivity index (χ1v) is 4.13. The lowest BCUT2D eigenvalue weighted by Gasteiger charge is -2.07. The highest BCUT2D eigenvalue weighted by atomic mass is 32.2. The lowest BCUT2D eigenvalue weighted by Crippen LogP contribution is -2.16. The summed E-state index contributed by atoms with van der Waals surface area (Å²) in [6, 6.07) is 1.91. The van der Waals surface area contributed by atoms with Crippen LogP contribution in [0.25, 0.3) is 0 Å². The molecule has 0 radical (unpaired) electrons. The highest BCUT2D eigenvalue weighted by Crippen LogP contribution is 2.19. The molecular formula is C8H9NO2S. The summed E-state index contributed by atoms with van der Waals surface area (Å²) < 4.78 is 0. The number of rotatable bonds is 5. The van der Waals surface area contributed by atoms with Gasteiger partial charge in [-0.15, -0.1) is 24.9 Å². The Morgan fingerprint density at radius 2 is 2.17 bits per heavy atom. The number of thioether (sulfide) groups is 1. The molecular weight excluding hydrogens is 174 g/mol. The Kier molecular flexibility index (Phi) is 4.89. The number of hydrogen-bond acceptors (Lipinski definition) is 3. The molecule has 0 aliphatic rings. The highest BCUT2D eigenvalue weighted by Gasteiger charge is 2.17. The van der Waals surface area contributed by atoms with Crippen LogP contribution in [0.2, 0.25) is 0 Å². The van der Waals surface area contributed by atoms with Gasteiger partial charge in [-0.1, -0.05) is 12.2 Å². The summed E-state index contributed by atoms with van der Waals surface area (Å²) in [5.41, 5.74) is 0. The van der Waals surface area contributed by atoms with Crippen LogP contribution in [0, 0.1) is 11.3 Å². The van der Waals surface area contributed by atoms with Crippen molar-refractivity contribution >= 4 is 17.7 Å². The van der Waals surface area contributed by atoms with Crippen molar-refractivity contribution in [2.75, 3.05) is 0 Å². The number of aliphatic carboxylic acids is 1. The number of nitriles is 1. The molecule has 0 saturated heterocycles. The van der Waals surface area contributed by atoms with Crippen molar-refractivity contribution in [3.8, 4) is 6.07 Å². The van der Waals surface area contributed by atoms with Crippen LogP contribution in [0.4, 0.5) is 0 Å². The topological polar surface area (TPSA) is 61.1 Å². The third-order valence-corrected chi connectivity index (χ3v) is 2.37. The van der Waals surface area contributed by atoms with E-state index in [1.807, 2.05) is 6.07 Å². The molecule has 0 rings (SSSR count). The van der Waals surface area contributed by atoms with E-state index < -0.39 is 16.5 Å². The summed E-state index contributed by atoms with van der Waals surface area (Å²) in [5.74, 6) is -0.989. The fourth-order valence-electron chi connectivity index (χ4n) is 0.511. The smallest absolute Gasteiger partial charge is 0.320 e. The molecule has 0 heterocycles. The summed E-state index contributed by atoms with van der Waals surface area (Å²) in [5, 5.41) is 15.8. The Hall–Kier alpha value is -1.21. The third-order valence-electron chi connectivity index (χ3n) is 1.09. The van der Waals surface area contributed by atoms with Gasteiger partial charge in [0.25, 0.3) is 0 Å². The number of carboxylic acid groups (broad SMARTS) is 1. The molecule has 0 aliphatic carbocycles. The van der Waals surface area contributed by atoms with Gasteiger partial charge in [-0.05, 0) is 0 Å². The van der Waals surface area contributed by atoms with E-state index >= 15 is 0 Å². The summed E-state index contributed by atoms with van der Waals surface area (Å²) in [7, 11) is 0. The lowest BCUT2D eigenvalue weighted by molar-refractivity contribution is -0.135. The van der Waals surface area contributed by atoms with Crippen molar-refractivity contribution in [1.82, 2.24) is 0 Å². The Morgan fingerprint density at radius 1 is 1.58 bits per heavy atom. The highest BCUT2D eigenvalue weighted by molar-refractivity contribution is 8.01. The fraction of sp³-hybridized carbons (Fsp3) is 0.250. The van der Waals surface area contributed by atoms with Crippen LogP contribution in [0.15, 0.2) is 25.3 Å². The average Bonchev–Trinajstić information content (AvgIpc) is 2.06. The van der Waals surface area contributed by atoms with E-state index in [1.165, 1.54) is 12.2 Å². The largest absolute Gasteiger partial charge is 0.480 e. The van der Waals surface area contributed by atoms with E-state index in [0.29, 0.717) is 0 Å². The standard InChI is InChI=1S/C8H9NO2S/c1-3-6(5-9)12-7(4-2)8(10)11/h3-4,6-7H,1-2H2,(H,10,11). The van der Waals surface area contributed by atoms with Gasteiger partial charge in [0, 0.05) is 0 Å². The maximum Gasteiger partial charge on any atom is 0.320 e. The average molecular weight is 183 g/mol. The van der Waals surface area contributed by atoms with Gasteiger partial charge in [0.1, 0.15) is 10.5 Å². The van der Waals surface area contributed by atoms with E-state index in [4.69, 9.17) is 10.4 Å². The maximum atomic E-state index is 10.5. The molecule has 0 fully saturated rings. The van der Waals surface area contributed by atoms with Gasteiger partial charge < -0.3 is 5.11 Å². The first-order chi connectivity index (χ1) is 5.65. The first kappa shape index (κ1) is 10.8. The zero-order valence-corrected chi connectivity index (χ0v) is 7.25. The summed E-state index contributed by atoms with van der Waals surface area (Å²) >= 11 is 1.00. The molecule has 0 aromatic heterocycles.